The first kappa shape index (κ1) is 26.4. The van der Waals surface area contributed by atoms with Gasteiger partial charge in [-0.1, -0.05) is 70.4 Å². The van der Waals surface area contributed by atoms with E-state index in [2.05, 4.69) is 32.6 Å². The summed E-state index contributed by atoms with van der Waals surface area (Å²) in [6, 6.07) is 0. The molecule has 0 aromatic carbocycles. The van der Waals surface area contributed by atoms with Crippen LogP contribution < -0.4 is 0 Å². The Hall–Kier alpha value is -0.860. The van der Waals surface area contributed by atoms with E-state index >= 15 is 0 Å². The highest BCUT2D eigenvalue weighted by atomic mass is 16.3. The first-order chi connectivity index (χ1) is 14.6. The van der Waals surface area contributed by atoms with Gasteiger partial charge in [-0.05, 0) is 100 Å². The Morgan fingerprint density at radius 2 is 1.87 bits per heavy atom. The Bertz CT molecular complexity index is 650. The van der Waals surface area contributed by atoms with Crippen molar-refractivity contribution in [2.75, 3.05) is 0 Å². The molecule has 0 heterocycles. The van der Waals surface area contributed by atoms with Crippen LogP contribution in [0.25, 0.3) is 0 Å². The van der Waals surface area contributed by atoms with E-state index < -0.39 is 5.60 Å². The molecule has 3 saturated carbocycles. The Morgan fingerprint density at radius 3 is 2.52 bits per heavy atom. The van der Waals surface area contributed by atoms with Crippen LogP contribution in [-0.2, 0) is 0 Å². The van der Waals surface area contributed by atoms with Gasteiger partial charge in [-0.25, -0.2) is 0 Å². The van der Waals surface area contributed by atoms with Crippen molar-refractivity contribution in [2.24, 2.45) is 23.2 Å². The summed E-state index contributed by atoms with van der Waals surface area (Å²) in [5.41, 5.74) is 3.96. The molecule has 0 radical (unpaired) electrons. The third kappa shape index (κ3) is 6.81. The van der Waals surface area contributed by atoms with Gasteiger partial charge in [0.25, 0.3) is 0 Å². The van der Waals surface area contributed by atoms with E-state index in [1.54, 1.807) is 5.57 Å². The van der Waals surface area contributed by atoms with E-state index in [-0.39, 0.29) is 6.10 Å². The van der Waals surface area contributed by atoms with E-state index in [1.165, 1.54) is 44.1 Å². The number of hydrogen-bond donors (Lipinski definition) is 2. The molecule has 3 fully saturated rings. The third-order valence-corrected chi connectivity index (χ3v) is 8.40. The quantitative estimate of drug-likeness (QED) is 0.423. The van der Waals surface area contributed by atoms with Gasteiger partial charge in [-0.3, -0.25) is 0 Å². The molecule has 0 amide bonds. The second-order valence-corrected chi connectivity index (χ2v) is 11.2. The van der Waals surface area contributed by atoms with Crippen LogP contribution in [0.15, 0.2) is 35.5 Å². The van der Waals surface area contributed by atoms with Gasteiger partial charge >= 0.3 is 0 Å². The van der Waals surface area contributed by atoms with Gasteiger partial charge in [0.1, 0.15) is 0 Å². The summed E-state index contributed by atoms with van der Waals surface area (Å²) < 4.78 is 0. The highest BCUT2D eigenvalue weighted by Crippen LogP contribution is 2.59. The molecule has 2 unspecified atom stereocenters. The Morgan fingerprint density at radius 1 is 1.16 bits per heavy atom. The minimum absolute atomic E-state index is 0.342. The van der Waals surface area contributed by atoms with Crippen molar-refractivity contribution in [1.82, 2.24) is 0 Å². The normalized spacial score (nSPS) is 35.0. The third-order valence-electron chi connectivity index (χ3n) is 8.40. The van der Waals surface area contributed by atoms with Gasteiger partial charge in [-0.15, -0.1) is 0 Å². The monoisotopic (exact) mass is 430 g/mol. The maximum Gasteiger partial charge on any atom is 0.0784 e. The molecule has 2 heteroatoms. The molecule has 5 atom stereocenters. The molecule has 0 aliphatic heterocycles. The van der Waals surface area contributed by atoms with E-state index in [4.69, 9.17) is 0 Å². The first-order valence-corrected chi connectivity index (χ1v) is 13.1. The van der Waals surface area contributed by atoms with Gasteiger partial charge in [0.2, 0.25) is 0 Å². The van der Waals surface area contributed by atoms with Gasteiger partial charge in [-0.2, -0.15) is 0 Å². The van der Waals surface area contributed by atoms with Crippen LogP contribution in [-0.4, -0.2) is 21.9 Å². The van der Waals surface area contributed by atoms with E-state index in [9.17, 15) is 10.2 Å². The number of hydrogen-bond acceptors (Lipinski definition) is 2. The standard InChI is InChI=1S/C27H44O2.C2H6/c1-19(8-6-16-26(3,4)29)23-14-15-24-22(9-7-17-27(23,24)5)13-12-21-11-10-20(2)25(28)18-21;1-2/h12-13,19,23-25,28-29H,2,6-11,14-18H2,1,3-5H3;1-2H3/b21-12-,22-13+;/t19-,23?,24?,25+,27+;/m0./s1. The molecule has 31 heavy (non-hydrogen) atoms. The summed E-state index contributed by atoms with van der Waals surface area (Å²) in [6.45, 7) is 16.9. The summed E-state index contributed by atoms with van der Waals surface area (Å²) in [5, 5.41) is 20.1. The lowest BCUT2D eigenvalue weighted by atomic mass is 9.60. The number of allylic oxidation sites excluding steroid dienone is 3. The van der Waals surface area contributed by atoms with Crippen molar-refractivity contribution < 1.29 is 10.2 Å². The van der Waals surface area contributed by atoms with Crippen LogP contribution >= 0.6 is 0 Å². The summed E-state index contributed by atoms with van der Waals surface area (Å²) >= 11 is 0. The molecule has 0 spiro atoms. The smallest absolute Gasteiger partial charge is 0.0784 e. The van der Waals surface area contributed by atoms with Crippen molar-refractivity contribution in [3.8, 4) is 0 Å². The molecule has 0 aromatic heterocycles. The number of fused-ring (bicyclic) bond motifs is 1. The lowest BCUT2D eigenvalue weighted by Gasteiger charge is -2.44. The topological polar surface area (TPSA) is 40.5 Å². The molecule has 178 valence electrons. The van der Waals surface area contributed by atoms with Crippen LogP contribution in [0.1, 0.15) is 112 Å². The zero-order chi connectivity index (χ0) is 23.2. The van der Waals surface area contributed by atoms with Crippen LogP contribution in [0.3, 0.4) is 0 Å². The maximum absolute atomic E-state index is 10.1. The summed E-state index contributed by atoms with van der Waals surface area (Å²) in [6.07, 6.45) is 17.1. The fourth-order valence-electron chi connectivity index (χ4n) is 6.63. The zero-order valence-electron chi connectivity index (χ0n) is 21.3. The summed E-state index contributed by atoms with van der Waals surface area (Å²) in [7, 11) is 0. The average Bonchev–Trinajstić information content (AvgIpc) is 3.07. The predicted molar refractivity (Wildman–Crippen MR) is 134 cm³/mol. The molecule has 3 aliphatic rings. The molecule has 0 bridgehead atoms. The van der Waals surface area contributed by atoms with Crippen LogP contribution in [0.2, 0.25) is 0 Å². The molecular weight excluding hydrogens is 380 g/mol. The lowest BCUT2D eigenvalue weighted by Crippen LogP contribution is -2.36. The maximum atomic E-state index is 10.1. The second-order valence-electron chi connectivity index (χ2n) is 11.2. The summed E-state index contributed by atoms with van der Waals surface area (Å²) in [4.78, 5) is 0. The highest BCUT2D eigenvalue weighted by molar-refractivity contribution is 5.28. The van der Waals surface area contributed by atoms with Gasteiger partial charge in [0.05, 0.1) is 11.7 Å². The first-order valence-electron chi connectivity index (χ1n) is 13.1. The molecule has 3 aliphatic carbocycles. The Balaban J connectivity index is 0.00000166. The number of aliphatic hydroxyl groups excluding tert-OH is 1. The number of aliphatic hydroxyl groups is 2. The van der Waals surface area contributed by atoms with Gasteiger partial charge in [0.15, 0.2) is 0 Å². The molecular formula is C29H50O2. The van der Waals surface area contributed by atoms with Crippen LogP contribution in [0.4, 0.5) is 0 Å². The Labute approximate surface area is 192 Å². The molecule has 0 saturated heterocycles. The van der Waals surface area contributed by atoms with E-state index in [0.717, 1.165) is 55.4 Å². The van der Waals surface area contributed by atoms with Crippen molar-refractivity contribution >= 4 is 0 Å². The fourth-order valence-corrected chi connectivity index (χ4v) is 6.63. The molecule has 2 N–H and O–H groups in total. The van der Waals surface area contributed by atoms with E-state index in [1.807, 2.05) is 27.7 Å². The fraction of sp³-hybridized carbons (Fsp3) is 0.793. The molecule has 0 aromatic rings. The van der Waals surface area contributed by atoms with Crippen molar-refractivity contribution in [3.63, 3.8) is 0 Å². The SMILES string of the molecule is C=C1CC/C(=C/C=C2\CCC[C@@]3(C)C2CCC3[C@@H](C)CCCC(C)(C)O)C[C@H]1O.CC. The number of rotatable bonds is 6. The van der Waals surface area contributed by atoms with E-state index in [0.29, 0.717) is 5.41 Å². The summed E-state index contributed by atoms with van der Waals surface area (Å²) in [5.74, 6) is 2.29. The molecule has 2 nitrogen and oxygen atoms in total. The van der Waals surface area contributed by atoms with Gasteiger partial charge in [0, 0.05) is 0 Å². The average molecular weight is 431 g/mol. The molecule has 3 rings (SSSR count). The van der Waals surface area contributed by atoms with Crippen molar-refractivity contribution in [3.05, 3.63) is 35.5 Å². The predicted octanol–water partition coefficient (Wildman–Crippen LogP) is 7.76. The zero-order valence-corrected chi connectivity index (χ0v) is 21.3. The Kier molecular flexibility index (Phi) is 9.64. The minimum Gasteiger partial charge on any atom is -0.390 e. The van der Waals surface area contributed by atoms with Crippen LogP contribution in [0, 0.1) is 23.2 Å². The van der Waals surface area contributed by atoms with Crippen LogP contribution in [0.5, 0.6) is 0 Å². The van der Waals surface area contributed by atoms with Crippen molar-refractivity contribution in [2.45, 2.75) is 124 Å². The second kappa shape index (κ2) is 11.3. The minimum atomic E-state index is -0.533. The highest BCUT2D eigenvalue weighted by Gasteiger charge is 2.50. The largest absolute Gasteiger partial charge is 0.390 e. The van der Waals surface area contributed by atoms with Crippen molar-refractivity contribution in [1.29, 1.82) is 0 Å². The lowest BCUT2D eigenvalue weighted by molar-refractivity contribution is 0.0596. The van der Waals surface area contributed by atoms with Gasteiger partial charge < -0.3 is 10.2 Å².